The van der Waals surface area contributed by atoms with E-state index in [1.807, 2.05) is 23.1 Å². The number of carbonyl (C=O) groups excluding carboxylic acids is 1. The van der Waals surface area contributed by atoms with Crippen molar-refractivity contribution in [2.45, 2.75) is 26.3 Å². The molecular weight excluding hydrogens is 354 g/mol. The van der Waals surface area contributed by atoms with Gasteiger partial charge in [-0.3, -0.25) is 4.79 Å². The summed E-state index contributed by atoms with van der Waals surface area (Å²) in [5.41, 5.74) is 2.92. The summed E-state index contributed by atoms with van der Waals surface area (Å²) in [7, 11) is 0. The van der Waals surface area contributed by atoms with Crippen LogP contribution in [-0.2, 0) is 10.3 Å². The Kier molecular flexibility index (Phi) is 5.04. The Morgan fingerprint density at radius 3 is 1.41 bits per heavy atom. The van der Waals surface area contributed by atoms with Gasteiger partial charge in [0.1, 0.15) is 5.54 Å². The summed E-state index contributed by atoms with van der Waals surface area (Å²) >= 11 is 0. The van der Waals surface area contributed by atoms with Gasteiger partial charge >= 0.3 is 0 Å². The van der Waals surface area contributed by atoms with Gasteiger partial charge in [-0.1, -0.05) is 112 Å². The van der Waals surface area contributed by atoms with Gasteiger partial charge in [-0.2, -0.15) is 0 Å². The number of hydrogen-bond acceptors (Lipinski definition) is 1. The monoisotopic (exact) mass is 383 g/mol. The van der Waals surface area contributed by atoms with Crippen LogP contribution < -0.4 is 0 Å². The zero-order valence-electron chi connectivity index (χ0n) is 17.5. The fraction of sp³-hybridized carbons (Fsp3) is 0.296. The average molecular weight is 384 g/mol. The van der Waals surface area contributed by atoms with Crippen LogP contribution in [0.5, 0.6) is 0 Å². The minimum absolute atomic E-state index is 0.261. The van der Waals surface area contributed by atoms with Crippen LogP contribution in [0, 0.1) is 17.3 Å². The molecule has 148 valence electrons. The summed E-state index contributed by atoms with van der Waals surface area (Å²) in [5, 5.41) is 0. The molecule has 0 spiro atoms. The van der Waals surface area contributed by atoms with Gasteiger partial charge in [0.15, 0.2) is 0 Å². The Morgan fingerprint density at radius 2 is 1.14 bits per heavy atom. The highest BCUT2D eigenvalue weighted by Gasteiger charge is 2.56. The van der Waals surface area contributed by atoms with E-state index in [0.717, 1.165) is 29.6 Å². The Balaban J connectivity index is 1.96. The minimum Gasteiger partial charge on any atom is -0.327 e. The molecule has 1 saturated carbocycles. The highest BCUT2D eigenvalue weighted by molar-refractivity contribution is 5.60. The third-order valence-electron chi connectivity index (χ3n) is 7.15. The summed E-state index contributed by atoms with van der Waals surface area (Å²) in [5.74, 6) is 1.09. The molecule has 29 heavy (non-hydrogen) atoms. The molecule has 3 aromatic rings. The van der Waals surface area contributed by atoms with E-state index in [9.17, 15) is 4.79 Å². The number of carbonyl (C=O) groups is 1. The van der Waals surface area contributed by atoms with E-state index in [2.05, 4.69) is 93.6 Å². The van der Waals surface area contributed by atoms with E-state index >= 15 is 0 Å². The second-order valence-electron chi connectivity index (χ2n) is 8.78. The van der Waals surface area contributed by atoms with E-state index in [1.54, 1.807) is 0 Å². The summed E-state index contributed by atoms with van der Waals surface area (Å²) in [6.07, 6.45) is 1.05. The molecule has 4 rings (SSSR count). The van der Waals surface area contributed by atoms with E-state index < -0.39 is 5.54 Å². The van der Waals surface area contributed by atoms with Gasteiger partial charge < -0.3 is 4.90 Å². The first-order chi connectivity index (χ1) is 14.0. The zero-order chi connectivity index (χ0) is 20.5. The summed E-state index contributed by atoms with van der Waals surface area (Å²) in [4.78, 5) is 14.7. The maximum Gasteiger partial charge on any atom is 0.210 e. The molecule has 1 fully saturated rings. The molecule has 0 aromatic heterocycles. The van der Waals surface area contributed by atoms with Crippen LogP contribution in [0.3, 0.4) is 0 Å². The third-order valence-corrected chi connectivity index (χ3v) is 7.15. The Bertz CT molecular complexity index is 853. The van der Waals surface area contributed by atoms with Crippen LogP contribution >= 0.6 is 0 Å². The molecule has 0 heterocycles. The van der Waals surface area contributed by atoms with Gasteiger partial charge in [0.25, 0.3) is 0 Å². The lowest BCUT2D eigenvalue weighted by Crippen LogP contribution is -2.48. The van der Waals surface area contributed by atoms with Crippen molar-refractivity contribution >= 4 is 6.41 Å². The van der Waals surface area contributed by atoms with Crippen LogP contribution in [0.25, 0.3) is 0 Å². The number of hydrogen-bond donors (Lipinski definition) is 0. The smallest absolute Gasteiger partial charge is 0.210 e. The molecule has 0 radical (unpaired) electrons. The van der Waals surface area contributed by atoms with Crippen LogP contribution in [0.1, 0.15) is 37.5 Å². The van der Waals surface area contributed by atoms with Gasteiger partial charge in [0.05, 0.1) is 0 Å². The fourth-order valence-electron chi connectivity index (χ4n) is 4.92. The molecular formula is C27H29NO. The van der Waals surface area contributed by atoms with Crippen molar-refractivity contribution in [2.24, 2.45) is 17.3 Å². The zero-order valence-corrected chi connectivity index (χ0v) is 17.5. The first-order valence-corrected chi connectivity index (χ1v) is 10.4. The van der Waals surface area contributed by atoms with Crippen LogP contribution in [-0.4, -0.2) is 17.9 Å². The minimum atomic E-state index is -0.663. The lowest BCUT2D eigenvalue weighted by atomic mass is 9.75. The van der Waals surface area contributed by atoms with Crippen molar-refractivity contribution in [2.75, 3.05) is 6.54 Å². The molecule has 3 aromatic carbocycles. The predicted molar refractivity (Wildman–Crippen MR) is 118 cm³/mol. The van der Waals surface area contributed by atoms with Gasteiger partial charge in [-0.15, -0.1) is 0 Å². The van der Waals surface area contributed by atoms with Crippen molar-refractivity contribution in [1.82, 2.24) is 4.90 Å². The van der Waals surface area contributed by atoms with Crippen LogP contribution in [0.15, 0.2) is 91.0 Å². The normalized spacial score (nSPS) is 20.1. The fourth-order valence-corrected chi connectivity index (χ4v) is 4.92. The second-order valence-corrected chi connectivity index (χ2v) is 8.78. The molecule has 2 unspecified atom stereocenters. The quantitative estimate of drug-likeness (QED) is 0.377. The van der Waals surface area contributed by atoms with E-state index in [0.29, 0.717) is 11.8 Å². The van der Waals surface area contributed by atoms with Crippen molar-refractivity contribution in [1.29, 1.82) is 0 Å². The summed E-state index contributed by atoms with van der Waals surface area (Å²) in [6.45, 7) is 7.64. The maximum atomic E-state index is 12.7. The molecule has 2 heteroatoms. The highest BCUT2D eigenvalue weighted by atomic mass is 16.1. The molecule has 2 atom stereocenters. The number of nitrogens with zero attached hydrogens (tertiary/aromatic N) is 1. The van der Waals surface area contributed by atoms with Gasteiger partial charge in [0.2, 0.25) is 6.41 Å². The SMILES string of the molecule is CC1C(CN(C=O)C(c2ccccc2)(c2ccccc2)c2ccccc2)C1(C)C. The molecule has 0 aliphatic heterocycles. The molecule has 1 aliphatic carbocycles. The van der Waals surface area contributed by atoms with Crippen molar-refractivity contribution in [3.05, 3.63) is 108 Å². The summed E-state index contributed by atoms with van der Waals surface area (Å²) in [6, 6.07) is 31.3. The average Bonchev–Trinajstić information content (AvgIpc) is 3.25. The third kappa shape index (κ3) is 3.17. The van der Waals surface area contributed by atoms with Crippen molar-refractivity contribution < 1.29 is 4.79 Å². The topological polar surface area (TPSA) is 20.3 Å². The van der Waals surface area contributed by atoms with E-state index in [4.69, 9.17) is 0 Å². The lowest BCUT2D eigenvalue weighted by molar-refractivity contribution is -0.122. The van der Waals surface area contributed by atoms with Crippen molar-refractivity contribution in [3.8, 4) is 0 Å². The molecule has 2 nitrogen and oxygen atoms in total. The highest BCUT2D eigenvalue weighted by Crippen LogP contribution is 2.59. The number of rotatable bonds is 7. The summed E-state index contributed by atoms with van der Waals surface area (Å²) < 4.78 is 0. The number of benzene rings is 3. The molecule has 1 amide bonds. The first kappa shape index (κ1) is 19.4. The first-order valence-electron chi connectivity index (χ1n) is 10.4. The Labute approximate surface area is 174 Å². The lowest BCUT2D eigenvalue weighted by Gasteiger charge is -2.44. The molecule has 0 saturated heterocycles. The second kappa shape index (κ2) is 7.51. The van der Waals surface area contributed by atoms with E-state index in [1.165, 1.54) is 0 Å². The Morgan fingerprint density at radius 1 is 0.793 bits per heavy atom. The largest absolute Gasteiger partial charge is 0.327 e. The molecule has 0 bridgehead atoms. The van der Waals surface area contributed by atoms with Gasteiger partial charge in [-0.05, 0) is 33.9 Å². The predicted octanol–water partition coefficient (Wildman–Crippen LogP) is 5.73. The number of amides is 1. The standard InChI is InChI=1S/C27H29NO/c1-21-25(26(21,2)3)19-28(20-29)27(22-13-7-4-8-14-22,23-15-9-5-10-16-23)24-17-11-6-12-18-24/h4-18,20-21,25H,19H2,1-3H3. The van der Waals surface area contributed by atoms with Gasteiger partial charge in [-0.25, -0.2) is 0 Å². The molecule has 1 aliphatic rings. The van der Waals surface area contributed by atoms with Gasteiger partial charge in [0, 0.05) is 6.54 Å². The van der Waals surface area contributed by atoms with E-state index in [-0.39, 0.29) is 5.41 Å². The van der Waals surface area contributed by atoms with Crippen LogP contribution in [0.2, 0.25) is 0 Å². The molecule has 0 N–H and O–H groups in total. The maximum absolute atomic E-state index is 12.7. The Hall–Kier alpha value is -2.87. The van der Waals surface area contributed by atoms with Crippen LogP contribution in [0.4, 0.5) is 0 Å². The van der Waals surface area contributed by atoms with Crippen molar-refractivity contribution in [3.63, 3.8) is 0 Å².